The van der Waals surface area contributed by atoms with E-state index in [1.54, 1.807) is 0 Å². The summed E-state index contributed by atoms with van der Waals surface area (Å²) in [5.74, 6) is 0.748. The van der Waals surface area contributed by atoms with E-state index in [4.69, 9.17) is 0 Å². The molecule has 0 radical (unpaired) electrons. The van der Waals surface area contributed by atoms with E-state index < -0.39 is 0 Å². The fourth-order valence-corrected chi connectivity index (χ4v) is 4.65. The SMILES string of the molecule is c1ccc2c(c1)NC1CNCCC21.c1ccc2c3c([nH]c2c1)CNCC3. The summed E-state index contributed by atoms with van der Waals surface area (Å²) in [7, 11) is 0. The topological polar surface area (TPSA) is 51.9 Å². The Morgan fingerprint density at radius 3 is 2.77 bits per heavy atom. The third-order valence-electron chi connectivity index (χ3n) is 5.94. The van der Waals surface area contributed by atoms with Gasteiger partial charge in [0.25, 0.3) is 0 Å². The molecular formula is C22H26N4. The molecule has 3 aliphatic rings. The van der Waals surface area contributed by atoms with Gasteiger partial charge in [0.1, 0.15) is 0 Å². The fraction of sp³-hybridized carbons (Fsp3) is 0.364. The van der Waals surface area contributed by atoms with Crippen LogP contribution in [0.2, 0.25) is 0 Å². The molecule has 0 bridgehead atoms. The van der Waals surface area contributed by atoms with E-state index in [1.807, 2.05) is 0 Å². The molecule has 0 spiro atoms. The van der Waals surface area contributed by atoms with Crippen molar-refractivity contribution in [3.8, 4) is 0 Å². The summed E-state index contributed by atoms with van der Waals surface area (Å²) in [6, 6.07) is 17.9. The Bertz CT molecular complexity index is 913. The predicted molar refractivity (Wildman–Crippen MR) is 108 cm³/mol. The van der Waals surface area contributed by atoms with E-state index in [9.17, 15) is 0 Å². The molecule has 26 heavy (non-hydrogen) atoms. The summed E-state index contributed by atoms with van der Waals surface area (Å²) in [5, 5.41) is 11.8. The minimum Gasteiger partial charge on any atom is -0.380 e. The summed E-state index contributed by atoms with van der Waals surface area (Å²) in [6.45, 7) is 4.37. The van der Waals surface area contributed by atoms with Crippen LogP contribution in [0.5, 0.6) is 0 Å². The number of para-hydroxylation sites is 2. The molecule has 4 heteroatoms. The van der Waals surface area contributed by atoms with E-state index >= 15 is 0 Å². The first-order valence-corrected chi connectivity index (χ1v) is 9.75. The maximum atomic E-state index is 3.57. The van der Waals surface area contributed by atoms with Crippen molar-refractivity contribution in [2.75, 3.05) is 25.0 Å². The Morgan fingerprint density at radius 1 is 0.885 bits per heavy atom. The second kappa shape index (κ2) is 6.78. The Balaban J connectivity index is 0.000000115. The third kappa shape index (κ3) is 2.79. The average Bonchev–Trinajstić information content (AvgIpc) is 3.27. The zero-order valence-electron chi connectivity index (χ0n) is 15.0. The molecule has 3 aliphatic heterocycles. The monoisotopic (exact) mass is 346 g/mol. The van der Waals surface area contributed by atoms with Crippen molar-refractivity contribution in [1.29, 1.82) is 0 Å². The lowest BCUT2D eigenvalue weighted by atomic mass is 9.89. The minimum absolute atomic E-state index is 0.631. The molecule has 3 aromatic rings. The second-order valence-electron chi connectivity index (χ2n) is 7.49. The van der Waals surface area contributed by atoms with Crippen LogP contribution in [-0.4, -0.2) is 30.7 Å². The molecule has 2 aromatic carbocycles. The molecule has 1 aromatic heterocycles. The Kier molecular flexibility index (Phi) is 4.15. The van der Waals surface area contributed by atoms with Crippen LogP contribution in [-0.2, 0) is 13.0 Å². The highest BCUT2D eigenvalue weighted by Gasteiger charge is 2.33. The van der Waals surface area contributed by atoms with Crippen molar-refractivity contribution < 1.29 is 0 Å². The van der Waals surface area contributed by atoms with Gasteiger partial charge in [-0.25, -0.2) is 0 Å². The highest BCUT2D eigenvalue weighted by atomic mass is 15.0. The van der Waals surface area contributed by atoms with E-state index in [-0.39, 0.29) is 0 Å². The van der Waals surface area contributed by atoms with Crippen LogP contribution in [0.4, 0.5) is 5.69 Å². The largest absolute Gasteiger partial charge is 0.380 e. The molecule has 2 atom stereocenters. The van der Waals surface area contributed by atoms with Gasteiger partial charge in [0, 0.05) is 47.3 Å². The molecule has 0 aliphatic carbocycles. The summed E-state index contributed by atoms with van der Waals surface area (Å²) in [5.41, 5.74) is 7.02. The number of aromatic amines is 1. The molecule has 4 N–H and O–H groups in total. The van der Waals surface area contributed by atoms with Gasteiger partial charge in [0.15, 0.2) is 0 Å². The zero-order valence-corrected chi connectivity index (χ0v) is 15.0. The first-order valence-electron chi connectivity index (χ1n) is 9.75. The van der Waals surface area contributed by atoms with Gasteiger partial charge in [0.05, 0.1) is 0 Å². The van der Waals surface area contributed by atoms with E-state index in [2.05, 4.69) is 69.5 Å². The van der Waals surface area contributed by atoms with Crippen LogP contribution in [0.25, 0.3) is 10.9 Å². The molecule has 4 heterocycles. The van der Waals surface area contributed by atoms with Crippen molar-refractivity contribution in [3.63, 3.8) is 0 Å². The van der Waals surface area contributed by atoms with Crippen LogP contribution < -0.4 is 16.0 Å². The van der Waals surface area contributed by atoms with Gasteiger partial charge >= 0.3 is 0 Å². The molecule has 0 saturated carbocycles. The van der Waals surface area contributed by atoms with Gasteiger partial charge < -0.3 is 20.9 Å². The molecule has 4 nitrogen and oxygen atoms in total. The first-order chi connectivity index (χ1) is 12.9. The van der Waals surface area contributed by atoms with Crippen molar-refractivity contribution >= 4 is 16.6 Å². The number of anilines is 1. The van der Waals surface area contributed by atoms with Crippen LogP contribution in [0.15, 0.2) is 48.5 Å². The number of fused-ring (bicyclic) bond motifs is 6. The lowest BCUT2D eigenvalue weighted by Gasteiger charge is -2.26. The summed E-state index contributed by atoms with van der Waals surface area (Å²) in [6.07, 6.45) is 2.42. The van der Waals surface area contributed by atoms with Crippen molar-refractivity contribution in [2.24, 2.45) is 0 Å². The quantitative estimate of drug-likeness (QED) is 0.505. The zero-order chi connectivity index (χ0) is 17.3. The summed E-state index contributed by atoms with van der Waals surface area (Å²) >= 11 is 0. The van der Waals surface area contributed by atoms with E-state index in [0.29, 0.717) is 6.04 Å². The van der Waals surface area contributed by atoms with Gasteiger partial charge in [-0.1, -0.05) is 36.4 Å². The van der Waals surface area contributed by atoms with Crippen LogP contribution in [0.3, 0.4) is 0 Å². The van der Waals surface area contributed by atoms with Gasteiger partial charge in [-0.05, 0) is 49.2 Å². The molecule has 6 rings (SSSR count). The Morgan fingerprint density at radius 2 is 1.77 bits per heavy atom. The van der Waals surface area contributed by atoms with Crippen molar-refractivity contribution in [2.45, 2.75) is 31.3 Å². The molecule has 2 unspecified atom stereocenters. The molecular weight excluding hydrogens is 320 g/mol. The van der Waals surface area contributed by atoms with Crippen LogP contribution >= 0.6 is 0 Å². The number of H-pyrrole nitrogens is 1. The maximum absolute atomic E-state index is 3.57. The van der Waals surface area contributed by atoms with Crippen molar-refractivity contribution in [1.82, 2.24) is 15.6 Å². The summed E-state index contributed by atoms with van der Waals surface area (Å²) < 4.78 is 0. The highest BCUT2D eigenvalue weighted by molar-refractivity contribution is 5.84. The highest BCUT2D eigenvalue weighted by Crippen LogP contribution is 2.38. The Hall–Kier alpha value is -2.30. The second-order valence-corrected chi connectivity index (χ2v) is 7.49. The molecule has 1 fully saturated rings. The number of aromatic nitrogens is 1. The number of benzene rings is 2. The average molecular weight is 346 g/mol. The number of rotatable bonds is 0. The van der Waals surface area contributed by atoms with Gasteiger partial charge in [-0.3, -0.25) is 0 Å². The molecule has 0 amide bonds. The normalized spacial score (nSPS) is 23.2. The number of hydrogen-bond donors (Lipinski definition) is 4. The lowest BCUT2D eigenvalue weighted by molar-refractivity contribution is 0.439. The predicted octanol–water partition coefficient (Wildman–Crippen LogP) is 3.37. The van der Waals surface area contributed by atoms with Crippen molar-refractivity contribution in [3.05, 3.63) is 65.4 Å². The number of nitrogens with one attached hydrogen (secondary N) is 4. The van der Waals surface area contributed by atoms with Crippen LogP contribution in [0.1, 0.15) is 29.2 Å². The van der Waals surface area contributed by atoms with E-state index in [1.165, 1.54) is 39.8 Å². The fourth-order valence-electron chi connectivity index (χ4n) is 4.65. The third-order valence-corrected chi connectivity index (χ3v) is 5.94. The summed E-state index contributed by atoms with van der Waals surface area (Å²) in [4.78, 5) is 3.45. The first kappa shape index (κ1) is 15.9. The standard InChI is InChI=1S/C11H14N2.C11H12N2/c2*1-2-4-10-8(3-1)9-5-6-12-7-11(9)13-10/h1-4,9,11-13H,5-7H2;1-4,12-13H,5-7H2. The minimum atomic E-state index is 0.631. The van der Waals surface area contributed by atoms with Crippen LogP contribution in [0, 0.1) is 0 Å². The smallest absolute Gasteiger partial charge is 0.0459 e. The van der Waals surface area contributed by atoms with Gasteiger partial charge in [0.2, 0.25) is 0 Å². The van der Waals surface area contributed by atoms with Gasteiger partial charge in [-0.15, -0.1) is 0 Å². The number of piperidine rings is 1. The van der Waals surface area contributed by atoms with Gasteiger partial charge in [-0.2, -0.15) is 0 Å². The molecule has 134 valence electrons. The lowest BCUT2D eigenvalue weighted by Crippen LogP contribution is -2.40. The van der Waals surface area contributed by atoms with E-state index in [0.717, 1.165) is 38.5 Å². The maximum Gasteiger partial charge on any atom is 0.0459 e. The molecule has 1 saturated heterocycles. The number of hydrogen-bond acceptors (Lipinski definition) is 3. The Labute approximate surface area is 154 Å².